The Balaban J connectivity index is 1.62. The summed E-state index contributed by atoms with van der Waals surface area (Å²) in [7, 11) is -3.73. The number of carbonyl (C=O) groups is 1. The highest BCUT2D eigenvalue weighted by atomic mass is 32.2. The molecule has 0 atom stereocenters. The van der Waals surface area contributed by atoms with Crippen molar-refractivity contribution in [1.29, 1.82) is 0 Å². The van der Waals surface area contributed by atoms with Crippen LogP contribution < -0.4 is 14.8 Å². The van der Waals surface area contributed by atoms with Gasteiger partial charge in [-0.15, -0.1) is 0 Å². The highest BCUT2D eigenvalue weighted by molar-refractivity contribution is 7.92. The van der Waals surface area contributed by atoms with Crippen LogP contribution in [0, 0.1) is 13.8 Å². The van der Waals surface area contributed by atoms with Gasteiger partial charge in [-0.1, -0.05) is 18.2 Å². The molecule has 0 heterocycles. The molecular weight excluding hydrogens is 424 g/mol. The van der Waals surface area contributed by atoms with Gasteiger partial charge in [-0.2, -0.15) is 0 Å². The van der Waals surface area contributed by atoms with Crippen LogP contribution in [0.15, 0.2) is 77.7 Å². The lowest BCUT2D eigenvalue weighted by molar-refractivity contribution is -0.111. The fourth-order valence-corrected chi connectivity index (χ4v) is 4.20. The Morgan fingerprint density at radius 2 is 1.53 bits per heavy atom. The highest BCUT2D eigenvalue weighted by Crippen LogP contribution is 2.20. The standard InChI is InChI=1S/C25H26N2O4S/c1-4-31-23-10-5-20(6-11-23)7-14-25(28)26-21-8-12-24(13-9-21)32(29,30)27-22-16-18(2)15-19(3)17-22/h5-17,27H,4H2,1-3H3,(H,26,28)/b14-7+. The van der Waals surface area contributed by atoms with Crippen LogP contribution in [0.25, 0.3) is 6.08 Å². The van der Waals surface area contributed by atoms with Gasteiger partial charge in [0.1, 0.15) is 5.75 Å². The molecule has 0 saturated carbocycles. The molecule has 0 aliphatic carbocycles. The van der Waals surface area contributed by atoms with E-state index in [1.54, 1.807) is 30.3 Å². The van der Waals surface area contributed by atoms with Crippen LogP contribution in [0.5, 0.6) is 5.75 Å². The topological polar surface area (TPSA) is 84.5 Å². The molecule has 0 radical (unpaired) electrons. The molecular formula is C25H26N2O4S. The molecule has 7 heteroatoms. The van der Waals surface area contributed by atoms with Crippen molar-refractivity contribution < 1.29 is 17.9 Å². The summed E-state index contributed by atoms with van der Waals surface area (Å²) in [5, 5.41) is 2.72. The Morgan fingerprint density at radius 3 is 2.12 bits per heavy atom. The molecule has 6 nitrogen and oxygen atoms in total. The fourth-order valence-electron chi connectivity index (χ4n) is 3.16. The van der Waals surface area contributed by atoms with Crippen LogP contribution in [0.2, 0.25) is 0 Å². The fraction of sp³-hybridized carbons (Fsp3) is 0.160. The normalized spacial score (nSPS) is 11.3. The van der Waals surface area contributed by atoms with E-state index >= 15 is 0 Å². The average Bonchev–Trinajstić information content (AvgIpc) is 2.73. The molecule has 0 bridgehead atoms. The zero-order valence-corrected chi connectivity index (χ0v) is 19.1. The van der Waals surface area contributed by atoms with Crippen LogP contribution in [-0.4, -0.2) is 20.9 Å². The van der Waals surface area contributed by atoms with Gasteiger partial charge < -0.3 is 10.1 Å². The molecule has 0 aliphatic heterocycles. The Kier molecular flexibility index (Phi) is 7.33. The molecule has 0 saturated heterocycles. The van der Waals surface area contributed by atoms with Crippen molar-refractivity contribution in [3.8, 4) is 5.75 Å². The summed E-state index contributed by atoms with van der Waals surface area (Å²) < 4.78 is 33.3. The van der Waals surface area contributed by atoms with Crippen molar-refractivity contribution in [1.82, 2.24) is 0 Å². The third-order valence-corrected chi connectivity index (χ3v) is 5.92. The number of sulfonamides is 1. The second kappa shape index (κ2) is 10.2. The van der Waals surface area contributed by atoms with Crippen LogP contribution in [-0.2, 0) is 14.8 Å². The Labute approximate surface area is 189 Å². The second-order valence-corrected chi connectivity index (χ2v) is 9.01. The average molecular weight is 451 g/mol. The van der Waals surface area contributed by atoms with Gasteiger partial charge in [0, 0.05) is 17.5 Å². The van der Waals surface area contributed by atoms with E-state index in [1.165, 1.54) is 18.2 Å². The Hall–Kier alpha value is -3.58. The van der Waals surface area contributed by atoms with Gasteiger partial charge in [0.05, 0.1) is 11.5 Å². The molecule has 0 fully saturated rings. The molecule has 0 aromatic heterocycles. The lowest BCUT2D eigenvalue weighted by Gasteiger charge is -2.10. The van der Waals surface area contributed by atoms with Crippen molar-refractivity contribution in [3.63, 3.8) is 0 Å². The summed E-state index contributed by atoms with van der Waals surface area (Å²) in [6.07, 6.45) is 3.11. The zero-order valence-electron chi connectivity index (χ0n) is 18.3. The molecule has 3 rings (SSSR count). The minimum Gasteiger partial charge on any atom is -0.494 e. The number of hydrogen-bond donors (Lipinski definition) is 2. The number of ether oxygens (including phenoxy) is 1. The first-order chi connectivity index (χ1) is 15.2. The van der Waals surface area contributed by atoms with E-state index in [0.29, 0.717) is 18.0 Å². The van der Waals surface area contributed by atoms with E-state index in [4.69, 9.17) is 4.74 Å². The van der Waals surface area contributed by atoms with E-state index in [0.717, 1.165) is 22.4 Å². The highest BCUT2D eigenvalue weighted by Gasteiger charge is 2.14. The number of carbonyl (C=O) groups excluding carboxylic acids is 1. The molecule has 0 spiro atoms. The maximum Gasteiger partial charge on any atom is 0.261 e. The summed E-state index contributed by atoms with van der Waals surface area (Å²) in [4.78, 5) is 12.3. The molecule has 166 valence electrons. The molecule has 0 aliphatic rings. The number of amides is 1. The molecule has 1 amide bonds. The third-order valence-electron chi connectivity index (χ3n) is 4.52. The van der Waals surface area contributed by atoms with E-state index < -0.39 is 10.0 Å². The van der Waals surface area contributed by atoms with E-state index in [2.05, 4.69) is 10.0 Å². The van der Waals surface area contributed by atoms with Crippen LogP contribution in [0.4, 0.5) is 11.4 Å². The summed E-state index contributed by atoms with van der Waals surface area (Å²) in [5.74, 6) is 0.457. The van der Waals surface area contributed by atoms with Gasteiger partial charge in [-0.05, 0) is 92.1 Å². The maximum absolute atomic E-state index is 12.7. The van der Waals surface area contributed by atoms with Crippen molar-refractivity contribution in [2.75, 3.05) is 16.6 Å². The summed E-state index contributed by atoms with van der Waals surface area (Å²) in [5.41, 5.74) is 3.82. The number of rotatable bonds is 8. The molecule has 32 heavy (non-hydrogen) atoms. The SMILES string of the molecule is CCOc1ccc(/C=C/C(=O)Nc2ccc(S(=O)(=O)Nc3cc(C)cc(C)c3)cc2)cc1. The lowest BCUT2D eigenvalue weighted by Crippen LogP contribution is -2.13. The van der Waals surface area contributed by atoms with E-state index in [1.807, 2.05) is 51.1 Å². The van der Waals surface area contributed by atoms with Gasteiger partial charge in [0.25, 0.3) is 10.0 Å². The van der Waals surface area contributed by atoms with Gasteiger partial charge in [0.15, 0.2) is 0 Å². The predicted molar refractivity (Wildman–Crippen MR) is 128 cm³/mol. The van der Waals surface area contributed by atoms with E-state index in [9.17, 15) is 13.2 Å². The van der Waals surface area contributed by atoms with Crippen LogP contribution >= 0.6 is 0 Å². The number of aryl methyl sites for hydroxylation is 2. The maximum atomic E-state index is 12.7. The first-order valence-electron chi connectivity index (χ1n) is 10.2. The molecule has 3 aromatic carbocycles. The molecule has 3 aromatic rings. The lowest BCUT2D eigenvalue weighted by atomic mass is 10.1. The van der Waals surface area contributed by atoms with Crippen molar-refractivity contribution in [2.24, 2.45) is 0 Å². The number of hydrogen-bond acceptors (Lipinski definition) is 4. The van der Waals surface area contributed by atoms with Crippen LogP contribution in [0.1, 0.15) is 23.6 Å². The number of benzene rings is 3. The van der Waals surface area contributed by atoms with Gasteiger partial charge in [-0.25, -0.2) is 8.42 Å². The Morgan fingerprint density at radius 1 is 0.906 bits per heavy atom. The zero-order chi connectivity index (χ0) is 23.1. The predicted octanol–water partition coefficient (Wildman–Crippen LogP) is 5.15. The number of anilines is 2. The third kappa shape index (κ3) is 6.46. The summed E-state index contributed by atoms with van der Waals surface area (Å²) >= 11 is 0. The first kappa shape index (κ1) is 23.1. The minimum atomic E-state index is -3.73. The summed E-state index contributed by atoms with van der Waals surface area (Å²) in [6.45, 7) is 6.33. The van der Waals surface area contributed by atoms with Gasteiger partial charge in [-0.3, -0.25) is 9.52 Å². The smallest absolute Gasteiger partial charge is 0.261 e. The number of nitrogens with one attached hydrogen (secondary N) is 2. The van der Waals surface area contributed by atoms with Crippen molar-refractivity contribution in [2.45, 2.75) is 25.7 Å². The van der Waals surface area contributed by atoms with Crippen molar-refractivity contribution >= 4 is 33.4 Å². The van der Waals surface area contributed by atoms with Gasteiger partial charge in [0.2, 0.25) is 5.91 Å². The van der Waals surface area contributed by atoms with Crippen molar-refractivity contribution in [3.05, 3.63) is 89.5 Å². The van der Waals surface area contributed by atoms with E-state index in [-0.39, 0.29) is 10.8 Å². The second-order valence-electron chi connectivity index (χ2n) is 7.33. The van der Waals surface area contributed by atoms with Gasteiger partial charge >= 0.3 is 0 Å². The molecule has 2 N–H and O–H groups in total. The summed E-state index contributed by atoms with van der Waals surface area (Å²) in [6, 6.07) is 18.9. The quantitative estimate of drug-likeness (QED) is 0.465. The molecule has 0 unspecified atom stereocenters. The van der Waals surface area contributed by atoms with Crippen LogP contribution in [0.3, 0.4) is 0 Å². The minimum absolute atomic E-state index is 0.111. The monoisotopic (exact) mass is 450 g/mol. The first-order valence-corrected chi connectivity index (χ1v) is 11.7. The largest absolute Gasteiger partial charge is 0.494 e. The Bertz CT molecular complexity index is 1200.